The van der Waals surface area contributed by atoms with Crippen molar-refractivity contribution in [1.82, 2.24) is 15.1 Å². The summed E-state index contributed by atoms with van der Waals surface area (Å²) in [5.41, 5.74) is 3.26. The fourth-order valence-electron chi connectivity index (χ4n) is 2.20. The van der Waals surface area contributed by atoms with Crippen molar-refractivity contribution in [2.75, 3.05) is 0 Å². The number of aryl methyl sites for hydroxylation is 2. The topological polar surface area (TPSA) is 72.0 Å². The second-order valence-corrected chi connectivity index (χ2v) is 4.78. The number of para-hydroxylation sites is 1. The third-order valence-corrected chi connectivity index (χ3v) is 3.42. The van der Waals surface area contributed by atoms with Crippen LogP contribution in [0.2, 0.25) is 0 Å². The van der Waals surface area contributed by atoms with Crippen molar-refractivity contribution in [2.24, 2.45) is 0 Å². The van der Waals surface area contributed by atoms with Crippen LogP contribution in [0.25, 0.3) is 22.8 Å². The van der Waals surface area contributed by atoms with E-state index in [1.807, 2.05) is 32.0 Å². The van der Waals surface area contributed by atoms with Gasteiger partial charge in [0.25, 0.3) is 5.89 Å². The van der Waals surface area contributed by atoms with E-state index in [9.17, 15) is 5.11 Å². The fraction of sp³-hybridized carbons (Fsp3) is 0.188. The standard InChI is InChI=1S/C16H15N3O2/c1-3-11-9-17-8-7-12(11)15-18-16(21-19-15)13-6-4-5-10(2)14(13)20/h4-9,20H,3H2,1-2H3. The molecular weight excluding hydrogens is 266 g/mol. The number of nitrogens with zero attached hydrogens (tertiary/aromatic N) is 3. The van der Waals surface area contributed by atoms with Gasteiger partial charge in [-0.2, -0.15) is 4.98 Å². The molecule has 1 N–H and O–H groups in total. The van der Waals surface area contributed by atoms with Gasteiger partial charge in [0.05, 0.1) is 5.56 Å². The molecule has 0 saturated carbocycles. The molecule has 3 aromatic rings. The molecule has 0 spiro atoms. The van der Waals surface area contributed by atoms with Crippen LogP contribution in [-0.4, -0.2) is 20.2 Å². The summed E-state index contributed by atoms with van der Waals surface area (Å²) in [6, 6.07) is 7.29. The van der Waals surface area contributed by atoms with E-state index < -0.39 is 0 Å². The minimum Gasteiger partial charge on any atom is -0.507 e. The first-order chi connectivity index (χ1) is 10.2. The molecule has 0 atom stereocenters. The molecule has 0 fully saturated rings. The average Bonchev–Trinajstić information content (AvgIpc) is 2.99. The molecule has 0 radical (unpaired) electrons. The van der Waals surface area contributed by atoms with Crippen molar-refractivity contribution in [1.29, 1.82) is 0 Å². The molecule has 21 heavy (non-hydrogen) atoms. The molecule has 0 amide bonds. The monoisotopic (exact) mass is 281 g/mol. The lowest BCUT2D eigenvalue weighted by atomic mass is 10.1. The normalized spacial score (nSPS) is 10.8. The van der Waals surface area contributed by atoms with E-state index in [-0.39, 0.29) is 5.75 Å². The Bertz CT molecular complexity index is 781. The number of benzene rings is 1. The number of rotatable bonds is 3. The van der Waals surface area contributed by atoms with E-state index in [0.29, 0.717) is 17.3 Å². The highest BCUT2D eigenvalue weighted by molar-refractivity contribution is 5.67. The van der Waals surface area contributed by atoms with Crippen LogP contribution in [0.15, 0.2) is 41.2 Å². The Labute approximate surface area is 122 Å². The van der Waals surface area contributed by atoms with Gasteiger partial charge in [0.1, 0.15) is 5.75 Å². The zero-order chi connectivity index (χ0) is 14.8. The predicted molar refractivity (Wildman–Crippen MR) is 78.7 cm³/mol. The van der Waals surface area contributed by atoms with E-state index >= 15 is 0 Å². The molecular formula is C16H15N3O2. The molecule has 106 valence electrons. The Hall–Kier alpha value is -2.69. The number of aromatic hydroxyl groups is 1. The molecule has 1 aromatic carbocycles. The van der Waals surface area contributed by atoms with Gasteiger partial charge < -0.3 is 9.63 Å². The lowest BCUT2D eigenvalue weighted by molar-refractivity contribution is 0.425. The Kier molecular flexibility index (Phi) is 3.39. The number of hydrogen-bond donors (Lipinski definition) is 1. The van der Waals surface area contributed by atoms with E-state index in [0.717, 1.165) is 23.1 Å². The van der Waals surface area contributed by atoms with E-state index in [2.05, 4.69) is 15.1 Å². The van der Waals surface area contributed by atoms with Crippen molar-refractivity contribution in [3.63, 3.8) is 0 Å². The highest BCUT2D eigenvalue weighted by Gasteiger charge is 2.16. The average molecular weight is 281 g/mol. The van der Waals surface area contributed by atoms with Gasteiger partial charge >= 0.3 is 0 Å². The second kappa shape index (κ2) is 5.36. The van der Waals surface area contributed by atoms with Crippen molar-refractivity contribution >= 4 is 0 Å². The molecule has 5 nitrogen and oxygen atoms in total. The van der Waals surface area contributed by atoms with Crippen LogP contribution in [0.1, 0.15) is 18.1 Å². The molecule has 2 heterocycles. The first kappa shape index (κ1) is 13.3. The lowest BCUT2D eigenvalue weighted by Gasteiger charge is -2.02. The highest BCUT2D eigenvalue weighted by atomic mass is 16.5. The van der Waals surface area contributed by atoms with Crippen LogP contribution in [0.5, 0.6) is 5.75 Å². The van der Waals surface area contributed by atoms with Gasteiger partial charge in [0.2, 0.25) is 5.82 Å². The minimum atomic E-state index is 0.165. The molecule has 0 aliphatic rings. The maximum atomic E-state index is 10.1. The van der Waals surface area contributed by atoms with Gasteiger partial charge in [0, 0.05) is 18.0 Å². The summed E-state index contributed by atoms with van der Waals surface area (Å²) in [4.78, 5) is 8.50. The van der Waals surface area contributed by atoms with Crippen LogP contribution in [0, 0.1) is 6.92 Å². The first-order valence-electron chi connectivity index (χ1n) is 6.76. The Morgan fingerprint density at radius 3 is 2.86 bits per heavy atom. The minimum absolute atomic E-state index is 0.165. The number of hydrogen-bond acceptors (Lipinski definition) is 5. The molecule has 0 bridgehead atoms. The summed E-state index contributed by atoms with van der Waals surface area (Å²) in [7, 11) is 0. The van der Waals surface area contributed by atoms with E-state index in [1.165, 1.54) is 0 Å². The molecule has 0 aliphatic carbocycles. The van der Waals surface area contributed by atoms with Gasteiger partial charge in [0.15, 0.2) is 0 Å². The lowest BCUT2D eigenvalue weighted by Crippen LogP contribution is -1.90. The number of phenols is 1. The summed E-state index contributed by atoms with van der Waals surface area (Å²) in [5, 5.41) is 14.1. The highest BCUT2D eigenvalue weighted by Crippen LogP contribution is 2.32. The summed E-state index contributed by atoms with van der Waals surface area (Å²) >= 11 is 0. The molecule has 0 unspecified atom stereocenters. The SMILES string of the molecule is CCc1cnccc1-c1noc(-c2cccc(C)c2O)n1. The fourth-order valence-corrected chi connectivity index (χ4v) is 2.20. The van der Waals surface area contributed by atoms with E-state index in [1.54, 1.807) is 18.5 Å². The largest absolute Gasteiger partial charge is 0.507 e. The summed E-state index contributed by atoms with van der Waals surface area (Å²) < 4.78 is 5.30. The smallest absolute Gasteiger partial charge is 0.262 e. The number of aromatic nitrogens is 3. The predicted octanol–water partition coefficient (Wildman–Crippen LogP) is 3.38. The molecule has 2 aromatic heterocycles. The van der Waals surface area contributed by atoms with Gasteiger partial charge in [-0.25, -0.2) is 0 Å². The first-order valence-corrected chi connectivity index (χ1v) is 6.76. The Morgan fingerprint density at radius 1 is 1.19 bits per heavy atom. The van der Waals surface area contributed by atoms with Crippen LogP contribution >= 0.6 is 0 Å². The van der Waals surface area contributed by atoms with E-state index in [4.69, 9.17) is 4.52 Å². The summed E-state index contributed by atoms with van der Waals surface area (Å²) in [5.74, 6) is 0.980. The third kappa shape index (κ3) is 2.38. The maximum Gasteiger partial charge on any atom is 0.262 e. The van der Waals surface area contributed by atoms with Gasteiger partial charge in [-0.05, 0) is 36.6 Å². The molecule has 5 heteroatoms. The molecule has 3 rings (SSSR count). The Morgan fingerprint density at radius 2 is 2.05 bits per heavy atom. The van der Waals surface area contributed by atoms with Crippen molar-refractivity contribution in [3.8, 4) is 28.6 Å². The maximum absolute atomic E-state index is 10.1. The van der Waals surface area contributed by atoms with Gasteiger partial charge in [-0.15, -0.1) is 0 Å². The quantitative estimate of drug-likeness (QED) is 0.796. The van der Waals surface area contributed by atoms with Gasteiger partial charge in [-0.1, -0.05) is 24.2 Å². The van der Waals surface area contributed by atoms with Crippen LogP contribution in [0.4, 0.5) is 0 Å². The second-order valence-electron chi connectivity index (χ2n) is 4.78. The third-order valence-electron chi connectivity index (χ3n) is 3.42. The summed E-state index contributed by atoms with van der Waals surface area (Å²) in [6.45, 7) is 3.88. The number of phenolic OH excluding ortho intramolecular Hbond substituents is 1. The van der Waals surface area contributed by atoms with Crippen molar-refractivity contribution in [2.45, 2.75) is 20.3 Å². The van der Waals surface area contributed by atoms with Crippen molar-refractivity contribution < 1.29 is 9.63 Å². The zero-order valence-electron chi connectivity index (χ0n) is 11.9. The van der Waals surface area contributed by atoms with Crippen molar-refractivity contribution in [3.05, 3.63) is 47.8 Å². The number of pyridine rings is 1. The zero-order valence-corrected chi connectivity index (χ0v) is 11.9. The summed E-state index contributed by atoms with van der Waals surface area (Å²) in [6.07, 6.45) is 4.34. The van der Waals surface area contributed by atoms with Crippen LogP contribution < -0.4 is 0 Å². The molecule has 0 aliphatic heterocycles. The van der Waals surface area contributed by atoms with Gasteiger partial charge in [-0.3, -0.25) is 4.98 Å². The molecule has 0 saturated heterocycles. The van der Waals surface area contributed by atoms with Crippen LogP contribution in [-0.2, 0) is 6.42 Å². The van der Waals surface area contributed by atoms with Crippen LogP contribution in [0.3, 0.4) is 0 Å². The Balaban J connectivity index is 2.06.